The fraction of sp³-hybridized carbons (Fsp3) is 0.273. The normalized spacial score (nSPS) is 24.1. The summed E-state index contributed by atoms with van der Waals surface area (Å²) in [6, 6.07) is 1.99. The van der Waals surface area contributed by atoms with Crippen LogP contribution in [0.15, 0.2) is 23.3 Å². The average Bonchev–Trinajstić information content (AvgIpc) is 2.65. The lowest BCUT2D eigenvalue weighted by Gasteiger charge is -2.22. The van der Waals surface area contributed by atoms with Crippen LogP contribution >= 0.6 is 0 Å². The van der Waals surface area contributed by atoms with Gasteiger partial charge in [-0.2, -0.15) is 0 Å². The lowest BCUT2D eigenvalue weighted by Crippen LogP contribution is -2.23. The largest absolute Gasteiger partial charge is 0.361 e. The molecule has 3 rings (SSSR count). The highest BCUT2D eigenvalue weighted by atomic mass is 16.1. The molecule has 0 spiro atoms. The third-order valence-corrected chi connectivity index (χ3v) is 2.82. The predicted molar refractivity (Wildman–Crippen MR) is 54.1 cm³/mol. The second-order valence-corrected chi connectivity index (χ2v) is 3.70. The monoisotopic (exact) mass is 186 g/mol. The molecule has 2 heterocycles. The van der Waals surface area contributed by atoms with Crippen molar-refractivity contribution in [1.82, 2.24) is 4.98 Å². The maximum Gasteiger partial charge on any atom is 0.245 e. The van der Waals surface area contributed by atoms with E-state index in [2.05, 4.69) is 22.1 Å². The fourth-order valence-electron chi connectivity index (χ4n) is 2.09. The topological polar surface area (TPSA) is 45.2 Å². The van der Waals surface area contributed by atoms with Crippen LogP contribution in [0.1, 0.15) is 24.1 Å². The number of aromatic amines is 1. The first-order valence-electron chi connectivity index (χ1n) is 4.82. The smallest absolute Gasteiger partial charge is 0.245 e. The van der Waals surface area contributed by atoms with Gasteiger partial charge < -0.3 is 4.98 Å². The minimum Gasteiger partial charge on any atom is -0.361 e. The first-order chi connectivity index (χ1) is 6.84. The zero-order chi connectivity index (χ0) is 9.54. The van der Waals surface area contributed by atoms with Gasteiger partial charge in [-0.3, -0.25) is 4.79 Å². The Kier molecular flexibility index (Phi) is 1.48. The van der Waals surface area contributed by atoms with Gasteiger partial charge >= 0.3 is 0 Å². The standard InChI is InChI=1S/C11H10N2O/c14-10-4-2-7-1-3-9-8(5-6-12-9)11(7)13-10/h1,3,5-7,12H,2,4H2. The van der Waals surface area contributed by atoms with Gasteiger partial charge in [-0.05, 0) is 18.6 Å². The summed E-state index contributed by atoms with van der Waals surface area (Å²) in [5.74, 6) is 0.356. The molecule has 1 unspecified atom stereocenters. The van der Waals surface area contributed by atoms with Crippen LogP contribution in [0.25, 0.3) is 6.08 Å². The van der Waals surface area contributed by atoms with E-state index in [0.29, 0.717) is 12.3 Å². The Morgan fingerprint density at radius 1 is 1.50 bits per heavy atom. The Hall–Kier alpha value is -1.64. The van der Waals surface area contributed by atoms with E-state index < -0.39 is 0 Å². The molecule has 0 saturated carbocycles. The summed E-state index contributed by atoms with van der Waals surface area (Å²) in [4.78, 5) is 18.5. The molecule has 1 aromatic rings. The number of rotatable bonds is 0. The average molecular weight is 186 g/mol. The molecule has 0 fully saturated rings. The summed E-state index contributed by atoms with van der Waals surface area (Å²) in [7, 11) is 0. The molecular weight excluding hydrogens is 176 g/mol. The van der Waals surface area contributed by atoms with Crippen molar-refractivity contribution >= 4 is 17.7 Å². The molecule has 1 N–H and O–H groups in total. The number of hydrogen-bond acceptors (Lipinski definition) is 1. The molecule has 2 aliphatic rings. The van der Waals surface area contributed by atoms with Crippen LogP contribution in [-0.4, -0.2) is 16.6 Å². The van der Waals surface area contributed by atoms with Crippen LogP contribution in [-0.2, 0) is 4.79 Å². The summed E-state index contributed by atoms with van der Waals surface area (Å²) in [6.45, 7) is 0. The number of fused-ring (bicyclic) bond motifs is 3. The molecule has 3 nitrogen and oxygen atoms in total. The van der Waals surface area contributed by atoms with E-state index in [4.69, 9.17) is 0 Å². The van der Waals surface area contributed by atoms with Gasteiger partial charge in [0.2, 0.25) is 5.91 Å². The zero-order valence-corrected chi connectivity index (χ0v) is 7.66. The van der Waals surface area contributed by atoms with E-state index >= 15 is 0 Å². The van der Waals surface area contributed by atoms with E-state index in [9.17, 15) is 4.79 Å². The van der Waals surface area contributed by atoms with E-state index in [1.54, 1.807) is 0 Å². The van der Waals surface area contributed by atoms with Crippen molar-refractivity contribution in [1.29, 1.82) is 0 Å². The third-order valence-electron chi connectivity index (χ3n) is 2.82. The van der Waals surface area contributed by atoms with Gasteiger partial charge in [0.1, 0.15) is 0 Å². The number of carbonyl (C=O) groups is 1. The van der Waals surface area contributed by atoms with Gasteiger partial charge in [0.05, 0.1) is 5.71 Å². The predicted octanol–water partition coefficient (Wildman–Crippen LogP) is 1.77. The van der Waals surface area contributed by atoms with Gasteiger partial charge in [-0.1, -0.05) is 6.08 Å². The number of nitrogens with one attached hydrogen (secondary N) is 1. The highest BCUT2D eigenvalue weighted by Gasteiger charge is 2.26. The molecular formula is C11H10N2O. The maximum atomic E-state index is 11.2. The quantitative estimate of drug-likeness (QED) is 0.659. The Morgan fingerprint density at radius 3 is 3.36 bits per heavy atom. The van der Waals surface area contributed by atoms with Crippen LogP contribution < -0.4 is 0 Å². The van der Waals surface area contributed by atoms with Crippen molar-refractivity contribution in [3.05, 3.63) is 29.6 Å². The number of aromatic nitrogens is 1. The number of H-pyrrole nitrogens is 1. The molecule has 1 aliphatic carbocycles. The van der Waals surface area contributed by atoms with Gasteiger partial charge in [-0.15, -0.1) is 0 Å². The van der Waals surface area contributed by atoms with Crippen molar-refractivity contribution in [2.75, 3.05) is 0 Å². The zero-order valence-electron chi connectivity index (χ0n) is 7.66. The summed E-state index contributed by atoms with van der Waals surface area (Å²) in [5, 5.41) is 0. The van der Waals surface area contributed by atoms with E-state index in [1.165, 1.54) is 0 Å². The molecule has 0 aromatic carbocycles. The van der Waals surface area contributed by atoms with Crippen molar-refractivity contribution < 1.29 is 4.79 Å². The molecule has 1 atom stereocenters. The van der Waals surface area contributed by atoms with Crippen molar-refractivity contribution in [3.8, 4) is 0 Å². The first-order valence-corrected chi connectivity index (χ1v) is 4.82. The highest BCUT2D eigenvalue weighted by molar-refractivity contribution is 6.13. The Labute approximate surface area is 81.6 Å². The van der Waals surface area contributed by atoms with Gasteiger partial charge in [0, 0.05) is 29.8 Å². The fourth-order valence-corrected chi connectivity index (χ4v) is 2.09. The van der Waals surface area contributed by atoms with Crippen LogP contribution in [0, 0.1) is 5.92 Å². The highest BCUT2D eigenvalue weighted by Crippen LogP contribution is 2.28. The van der Waals surface area contributed by atoms with Gasteiger partial charge in [0.25, 0.3) is 0 Å². The minimum absolute atomic E-state index is 0.0127. The maximum absolute atomic E-state index is 11.2. The molecule has 14 heavy (non-hydrogen) atoms. The minimum atomic E-state index is 0.0127. The molecule has 0 radical (unpaired) electrons. The molecule has 0 saturated heterocycles. The van der Waals surface area contributed by atoms with Crippen molar-refractivity contribution in [3.63, 3.8) is 0 Å². The number of allylic oxidation sites excluding steroid dienone is 1. The summed E-state index contributed by atoms with van der Waals surface area (Å²) in [5.41, 5.74) is 3.10. The third kappa shape index (κ3) is 0.985. The van der Waals surface area contributed by atoms with Gasteiger partial charge in [0.15, 0.2) is 0 Å². The van der Waals surface area contributed by atoms with E-state index in [1.807, 2.05) is 12.3 Å². The second-order valence-electron chi connectivity index (χ2n) is 3.70. The van der Waals surface area contributed by atoms with Gasteiger partial charge in [-0.25, -0.2) is 4.99 Å². The SMILES string of the molecule is O=C1CCC2C=Cc3[nH]ccc3C2=N1. The number of carbonyl (C=O) groups excluding carboxylic acids is 1. The molecule has 1 aliphatic heterocycles. The Morgan fingerprint density at radius 2 is 2.43 bits per heavy atom. The van der Waals surface area contributed by atoms with Crippen LogP contribution in [0.2, 0.25) is 0 Å². The number of nitrogens with zero attached hydrogens (tertiary/aromatic N) is 1. The van der Waals surface area contributed by atoms with E-state index in [-0.39, 0.29) is 5.91 Å². The molecule has 1 amide bonds. The number of hydrogen-bond donors (Lipinski definition) is 1. The van der Waals surface area contributed by atoms with E-state index in [0.717, 1.165) is 23.4 Å². The Balaban J connectivity index is 2.18. The number of aliphatic imine (C=N–C) groups is 1. The van der Waals surface area contributed by atoms with Crippen LogP contribution in [0.5, 0.6) is 0 Å². The summed E-state index contributed by atoms with van der Waals surface area (Å²) >= 11 is 0. The molecule has 0 bridgehead atoms. The summed E-state index contributed by atoms with van der Waals surface area (Å²) < 4.78 is 0. The Bertz CT molecular complexity index is 454. The lowest BCUT2D eigenvalue weighted by molar-refractivity contribution is -0.118. The van der Waals surface area contributed by atoms with Crippen molar-refractivity contribution in [2.45, 2.75) is 12.8 Å². The van der Waals surface area contributed by atoms with Crippen molar-refractivity contribution in [2.24, 2.45) is 10.9 Å². The molecule has 70 valence electrons. The summed E-state index contributed by atoms with van der Waals surface area (Å²) in [6.07, 6.45) is 7.58. The second kappa shape index (κ2) is 2.67. The first kappa shape index (κ1) is 7.74. The number of amides is 1. The van der Waals surface area contributed by atoms with Crippen LogP contribution in [0.3, 0.4) is 0 Å². The molecule has 3 heteroatoms. The van der Waals surface area contributed by atoms with Crippen LogP contribution in [0.4, 0.5) is 0 Å². The lowest BCUT2D eigenvalue weighted by atomic mass is 9.86. The molecule has 1 aromatic heterocycles.